The van der Waals surface area contributed by atoms with E-state index >= 15 is 0 Å². The second-order valence-corrected chi connectivity index (χ2v) is 4.64. The summed E-state index contributed by atoms with van der Waals surface area (Å²) in [6.07, 6.45) is 7.37. The van der Waals surface area contributed by atoms with Gasteiger partial charge in [0.05, 0.1) is 12.6 Å². The highest BCUT2D eigenvalue weighted by Crippen LogP contribution is 2.21. The number of rotatable bonds is 5. The Morgan fingerprint density at radius 2 is 2.12 bits per heavy atom. The van der Waals surface area contributed by atoms with Crippen LogP contribution >= 0.6 is 0 Å². The zero-order valence-electron chi connectivity index (χ0n) is 10.3. The van der Waals surface area contributed by atoms with Gasteiger partial charge in [-0.15, -0.1) is 0 Å². The molecule has 2 aromatic heterocycles. The molecule has 0 aliphatic heterocycles. The number of nitrogens with zero attached hydrogens (tertiary/aromatic N) is 3. The van der Waals surface area contributed by atoms with E-state index in [-0.39, 0.29) is 12.0 Å². The van der Waals surface area contributed by atoms with E-state index < -0.39 is 0 Å². The molecule has 0 saturated carbocycles. The molecule has 0 amide bonds. The van der Waals surface area contributed by atoms with Crippen LogP contribution < -0.4 is 0 Å². The summed E-state index contributed by atoms with van der Waals surface area (Å²) in [6, 6.07) is 3.90. The minimum Gasteiger partial charge on any atom is -0.388 e. The van der Waals surface area contributed by atoms with Crippen LogP contribution in [-0.4, -0.2) is 19.5 Å². The summed E-state index contributed by atoms with van der Waals surface area (Å²) in [5.41, 5.74) is 0.987. The van der Waals surface area contributed by atoms with E-state index in [1.165, 1.54) is 0 Å². The van der Waals surface area contributed by atoms with Crippen LogP contribution in [0.1, 0.15) is 25.5 Å². The molecule has 17 heavy (non-hydrogen) atoms. The Morgan fingerprint density at radius 1 is 1.29 bits per heavy atom. The fourth-order valence-corrected chi connectivity index (χ4v) is 1.81. The van der Waals surface area contributed by atoms with Gasteiger partial charge in [0.25, 0.3) is 0 Å². The first kappa shape index (κ1) is 11.9. The van der Waals surface area contributed by atoms with Crippen molar-refractivity contribution >= 4 is 0 Å². The lowest BCUT2D eigenvalue weighted by atomic mass is 10.0. The average molecular weight is 233 g/mol. The van der Waals surface area contributed by atoms with Gasteiger partial charge in [-0.2, -0.15) is 5.10 Å². The van der Waals surface area contributed by atoms with Crippen molar-refractivity contribution < 1.29 is 5.11 Å². The normalized spacial score (nSPS) is 13.2. The highest BCUT2D eigenvalue weighted by molar-refractivity contribution is 5.14. The topological polar surface area (TPSA) is 43.0 Å². The van der Waals surface area contributed by atoms with E-state index in [2.05, 4.69) is 9.67 Å². The Kier molecular flexibility index (Phi) is 3.64. The summed E-state index contributed by atoms with van der Waals surface area (Å²) in [4.78, 5) is 0. The molecule has 2 heterocycles. The number of aryl methyl sites for hydroxylation is 2. The van der Waals surface area contributed by atoms with Crippen LogP contribution in [0.5, 0.6) is 0 Å². The Labute approximate surface area is 101 Å². The zero-order chi connectivity index (χ0) is 12.3. The number of aromatic nitrogens is 3. The first-order valence-electron chi connectivity index (χ1n) is 5.98. The van der Waals surface area contributed by atoms with E-state index in [1.54, 1.807) is 6.20 Å². The minimum absolute atomic E-state index is 0.247. The van der Waals surface area contributed by atoms with Crippen molar-refractivity contribution in [3.05, 3.63) is 42.5 Å². The third-order valence-corrected chi connectivity index (χ3v) is 2.89. The van der Waals surface area contributed by atoms with Gasteiger partial charge in [-0.05, 0) is 23.6 Å². The maximum absolute atomic E-state index is 9.93. The summed E-state index contributed by atoms with van der Waals surface area (Å²) >= 11 is 0. The molecule has 1 unspecified atom stereocenters. The Balaban J connectivity index is 1.94. The molecule has 92 valence electrons. The number of hydrogen-bond donors (Lipinski definition) is 1. The van der Waals surface area contributed by atoms with Gasteiger partial charge < -0.3 is 9.67 Å². The number of hydrogen-bond acceptors (Lipinski definition) is 2. The average Bonchev–Trinajstić information content (AvgIpc) is 2.96. The molecular formula is C13H19N3O. The highest BCUT2D eigenvalue weighted by Gasteiger charge is 2.12. The van der Waals surface area contributed by atoms with Crippen LogP contribution in [-0.2, 0) is 13.1 Å². The predicted molar refractivity (Wildman–Crippen MR) is 66.5 cm³/mol. The standard InChI is InChI=1S/C13H19N3O/c1-11(2)13(17)12-4-7-15(10-12)8-9-16-6-3-5-14-16/h3-7,10-11,13,17H,8-9H2,1-2H3. The molecule has 0 bridgehead atoms. The summed E-state index contributed by atoms with van der Waals surface area (Å²) in [7, 11) is 0. The first-order chi connectivity index (χ1) is 8.16. The second-order valence-electron chi connectivity index (χ2n) is 4.64. The van der Waals surface area contributed by atoms with Crippen LogP contribution in [0.2, 0.25) is 0 Å². The fraction of sp³-hybridized carbons (Fsp3) is 0.462. The lowest BCUT2D eigenvalue weighted by Crippen LogP contribution is -2.07. The Bertz CT molecular complexity index is 445. The monoisotopic (exact) mass is 233 g/mol. The lowest BCUT2D eigenvalue weighted by molar-refractivity contribution is 0.127. The molecule has 2 aromatic rings. The van der Waals surface area contributed by atoms with E-state index in [9.17, 15) is 5.11 Å². The van der Waals surface area contributed by atoms with Crippen LogP contribution in [0.25, 0.3) is 0 Å². The van der Waals surface area contributed by atoms with Gasteiger partial charge in [-0.1, -0.05) is 13.8 Å². The van der Waals surface area contributed by atoms with Gasteiger partial charge >= 0.3 is 0 Å². The van der Waals surface area contributed by atoms with Crippen molar-refractivity contribution in [2.75, 3.05) is 0 Å². The van der Waals surface area contributed by atoms with Crippen molar-refractivity contribution in [1.82, 2.24) is 14.3 Å². The van der Waals surface area contributed by atoms with E-state index in [0.717, 1.165) is 18.7 Å². The molecule has 2 rings (SSSR count). The molecule has 1 N–H and O–H groups in total. The molecule has 4 heteroatoms. The first-order valence-corrected chi connectivity index (χ1v) is 5.98. The largest absolute Gasteiger partial charge is 0.388 e. The molecular weight excluding hydrogens is 214 g/mol. The highest BCUT2D eigenvalue weighted by atomic mass is 16.3. The molecule has 0 spiro atoms. The maximum atomic E-state index is 9.93. The SMILES string of the molecule is CC(C)C(O)c1ccn(CCn2cccn2)c1. The summed E-state index contributed by atoms with van der Waals surface area (Å²) in [5, 5.41) is 14.1. The zero-order valence-corrected chi connectivity index (χ0v) is 10.3. The minimum atomic E-state index is -0.374. The van der Waals surface area contributed by atoms with Crippen LogP contribution in [0.15, 0.2) is 36.9 Å². The van der Waals surface area contributed by atoms with Crippen molar-refractivity contribution in [2.24, 2.45) is 5.92 Å². The van der Waals surface area contributed by atoms with Crippen LogP contribution in [0, 0.1) is 5.92 Å². The maximum Gasteiger partial charge on any atom is 0.0827 e. The molecule has 0 aliphatic carbocycles. The predicted octanol–water partition coefficient (Wildman–Crippen LogP) is 2.07. The van der Waals surface area contributed by atoms with Gasteiger partial charge in [0.1, 0.15) is 0 Å². The summed E-state index contributed by atoms with van der Waals surface area (Å²) < 4.78 is 3.99. The smallest absolute Gasteiger partial charge is 0.0827 e. The number of aliphatic hydroxyl groups excluding tert-OH is 1. The van der Waals surface area contributed by atoms with Gasteiger partial charge in [-0.3, -0.25) is 4.68 Å². The van der Waals surface area contributed by atoms with E-state index in [0.29, 0.717) is 0 Å². The van der Waals surface area contributed by atoms with Gasteiger partial charge in [0.15, 0.2) is 0 Å². The summed E-state index contributed by atoms with van der Waals surface area (Å²) in [6.45, 7) is 5.75. The molecule has 4 nitrogen and oxygen atoms in total. The molecule has 0 aliphatic rings. The van der Waals surface area contributed by atoms with Gasteiger partial charge in [0, 0.05) is 31.3 Å². The molecule has 0 aromatic carbocycles. The quantitative estimate of drug-likeness (QED) is 0.859. The van der Waals surface area contributed by atoms with Crippen molar-refractivity contribution in [3.63, 3.8) is 0 Å². The van der Waals surface area contributed by atoms with Crippen molar-refractivity contribution in [2.45, 2.75) is 33.0 Å². The van der Waals surface area contributed by atoms with Crippen molar-refractivity contribution in [1.29, 1.82) is 0 Å². The van der Waals surface area contributed by atoms with Crippen LogP contribution in [0.3, 0.4) is 0 Å². The molecule has 0 fully saturated rings. The third-order valence-electron chi connectivity index (χ3n) is 2.89. The third kappa shape index (κ3) is 2.97. The van der Waals surface area contributed by atoms with E-state index in [1.807, 2.05) is 49.3 Å². The molecule has 0 radical (unpaired) electrons. The Hall–Kier alpha value is -1.55. The fourth-order valence-electron chi connectivity index (χ4n) is 1.81. The van der Waals surface area contributed by atoms with Crippen molar-refractivity contribution in [3.8, 4) is 0 Å². The second kappa shape index (κ2) is 5.19. The van der Waals surface area contributed by atoms with Gasteiger partial charge in [0.2, 0.25) is 0 Å². The van der Waals surface area contributed by atoms with E-state index in [4.69, 9.17) is 0 Å². The molecule has 1 atom stereocenters. The number of aliphatic hydroxyl groups is 1. The van der Waals surface area contributed by atoms with Gasteiger partial charge in [-0.25, -0.2) is 0 Å². The summed E-state index contributed by atoms with van der Waals surface area (Å²) in [5.74, 6) is 0.247. The Morgan fingerprint density at radius 3 is 2.76 bits per heavy atom. The molecule has 0 saturated heterocycles. The lowest BCUT2D eigenvalue weighted by Gasteiger charge is -2.12. The van der Waals surface area contributed by atoms with Crippen LogP contribution in [0.4, 0.5) is 0 Å².